The van der Waals surface area contributed by atoms with Crippen molar-refractivity contribution in [2.24, 2.45) is 0 Å². The molecule has 35 heavy (non-hydrogen) atoms. The summed E-state index contributed by atoms with van der Waals surface area (Å²) in [5, 5.41) is 5.62. The molecule has 2 aliphatic rings. The number of methoxy groups -OCH3 is 2. The van der Waals surface area contributed by atoms with Crippen LogP contribution in [0.25, 0.3) is 10.8 Å². The number of piperidine rings is 1. The lowest BCUT2D eigenvalue weighted by atomic mass is 9.54. The lowest BCUT2D eigenvalue weighted by molar-refractivity contribution is -0.905. The third-order valence-electron chi connectivity index (χ3n) is 8.55. The number of benzene rings is 3. The second-order valence-corrected chi connectivity index (χ2v) is 11.1. The number of carbonyl (C=O) groups excluding carboxylic acids is 1. The molecule has 1 heterocycles. The monoisotopic (exact) mass is 473 g/mol. The van der Waals surface area contributed by atoms with Gasteiger partial charge < -0.3 is 19.3 Å². The van der Waals surface area contributed by atoms with E-state index in [4.69, 9.17) is 9.47 Å². The molecule has 5 rings (SSSR count). The lowest BCUT2D eigenvalue weighted by Gasteiger charge is -2.60. The van der Waals surface area contributed by atoms with Crippen molar-refractivity contribution < 1.29 is 18.8 Å². The number of ether oxygens (including phenoxy) is 2. The normalized spacial score (nSPS) is 27.7. The third-order valence-corrected chi connectivity index (χ3v) is 8.55. The number of fused-ring (bicyclic) bond motifs is 2. The van der Waals surface area contributed by atoms with E-state index in [1.165, 1.54) is 5.56 Å². The van der Waals surface area contributed by atoms with Crippen molar-refractivity contribution in [3.05, 3.63) is 77.9 Å². The minimum Gasteiger partial charge on any atom is -0.497 e. The summed E-state index contributed by atoms with van der Waals surface area (Å²) in [5.74, 6) is 0.863. The molecular weight excluding hydrogens is 436 g/mol. The second kappa shape index (κ2) is 8.96. The Balaban J connectivity index is 1.47. The molecule has 1 N–H and O–H groups in total. The van der Waals surface area contributed by atoms with Crippen LogP contribution in [0.4, 0.5) is 0 Å². The maximum absolute atomic E-state index is 13.3. The van der Waals surface area contributed by atoms with Crippen molar-refractivity contribution >= 4 is 16.7 Å². The van der Waals surface area contributed by atoms with Crippen LogP contribution in [0.2, 0.25) is 0 Å². The Morgan fingerprint density at radius 2 is 1.77 bits per heavy atom. The highest BCUT2D eigenvalue weighted by Crippen LogP contribution is 2.54. The van der Waals surface area contributed by atoms with Crippen LogP contribution in [0.1, 0.15) is 41.6 Å². The van der Waals surface area contributed by atoms with Crippen molar-refractivity contribution in [2.75, 3.05) is 41.4 Å². The third kappa shape index (κ3) is 4.21. The van der Waals surface area contributed by atoms with E-state index in [9.17, 15) is 4.79 Å². The van der Waals surface area contributed by atoms with Crippen molar-refractivity contribution in [3.8, 4) is 5.75 Å². The summed E-state index contributed by atoms with van der Waals surface area (Å²) in [6, 6.07) is 22.7. The van der Waals surface area contributed by atoms with Crippen LogP contribution in [0.15, 0.2) is 66.7 Å². The molecule has 1 saturated heterocycles. The highest BCUT2D eigenvalue weighted by molar-refractivity contribution is 5.98. The van der Waals surface area contributed by atoms with Crippen LogP contribution in [0, 0.1) is 0 Å². The summed E-state index contributed by atoms with van der Waals surface area (Å²) >= 11 is 0. The predicted octanol–water partition coefficient (Wildman–Crippen LogP) is 4.93. The number of hydrogen-bond acceptors (Lipinski definition) is 3. The number of hydrogen-bond donors (Lipinski definition) is 1. The van der Waals surface area contributed by atoms with Gasteiger partial charge in [-0.1, -0.05) is 42.5 Å². The number of amides is 1. The first-order chi connectivity index (χ1) is 16.8. The van der Waals surface area contributed by atoms with E-state index in [2.05, 4.69) is 49.7 Å². The largest absolute Gasteiger partial charge is 0.497 e. The number of likely N-dealkylation sites (N-methyl/N-ethyl adjacent to an activating group) is 1. The smallest absolute Gasteiger partial charge is 0.251 e. The molecule has 0 spiro atoms. The van der Waals surface area contributed by atoms with Crippen LogP contribution in [0.5, 0.6) is 5.75 Å². The Labute approximate surface area is 208 Å². The molecule has 0 aromatic heterocycles. The van der Waals surface area contributed by atoms with E-state index >= 15 is 0 Å². The molecule has 1 aliphatic carbocycles. The van der Waals surface area contributed by atoms with Gasteiger partial charge in [-0.2, -0.15) is 0 Å². The van der Waals surface area contributed by atoms with E-state index in [1.807, 2.05) is 43.5 Å². The Bertz CT molecular complexity index is 1240. The zero-order valence-electron chi connectivity index (χ0n) is 21.3. The van der Waals surface area contributed by atoms with E-state index in [-0.39, 0.29) is 23.0 Å². The van der Waals surface area contributed by atoms with Crippen LogP contribution in [0.3, 0.4) is 0 Å². The Hall–Kier alpha value is -2.89. The van der Waals surface area contributed by atoms with Gasteiger partial charge >= 0.3 is 0 Å². The molecule has 2 fully saturated rings. The summed E-state index contributed by atoms with van der Waals surface area (Å²) < 4.78 is 13.0. The molecule has 0 unspecified atom stereocenters. The summed E-state index contributed by atoms with van der Waals surface area (Å²) in [5.41, 5.74) is 1.49. The summed E-state index contributed by atoms with van der Waals surface area (Å²) in [7, 11) is 8.18. The van der Waals surface area contributed by atoms with Crippen molar-refractivity contribution in [1.29, 1.82) is 0 Å². The van der Waals surface area contributed by atoms with Gasteiger partial charge in [0.1, 0.15) is 17.9 Å². The van der Waals surface area contributed by atoms with Crippen molar-refractivity contribution in [3.63, 3.8) is 0 Å². The first kappa shape index (κ1) is 23.8. The van der Waals surface area contributed by atoms with Gasteiger partial charge in [0.05, 0.1) is 27.7 Å². The van der Waals surface area contributed by atoms with Crippen LogP contribution < -0.4 is 10.1 Å². The summed E-state index contributed by atoms with van der Waals surface area (Å²) in [6.45, 7) is 2.01. The average Bonchev–Trinajstić information content (AvgIpc) is 2.88. The number of likely N-dealkylation sites (tertiary alicyclic amines) is 1. The molecule has 3 atom stereocenters. The predicted molar refractivity (Wildman–Crippen MR) is 140 cm³/mol. The van der Waals surface area contributed by atoms with E-state index < -0.39 is 0 Å². The zero-order chi connectivity index (χ0) is 24.7. The van der Waals surface area contributed by atoms with E-state index in [0.29, 0.717) is 5.56 Å². The maximum atomic E-state index is 13.3. The van der Waals surface area contributed by atoms with Crippen molar-refractivity contribution in [1.82, 2.24) is 5.32 Å². The Morgan fingerprint density at radius 3 is 2.54 bits per heavy atom. The quantitative estimate of drug-likeness (QED) is 0.535. The number of nitrogens with one attached hydrogen (secondary N) is 1. The number of carbonyl (C=O) groups is 1. The van der Waals surface area contributed by atoms with Gasteiger partial charge in [0, 0.05) is 30.6 Å². The van der Waals surface area contributed by atoms with E-state index in [0.717, 1.165) is 59.8 Å². The molecule has 0 bridgehead atoms. The molecular formula is C30H37N2O3+. The molecule has 184 valence electrons. The fourth-order valence-electron chi connectivity index (χ4n) is 6.71. The maximum Gasteiger partial charge on any atom is 0.251 e. The van der Waals surface area contributed by atoms with Gasteiger partial charge in [-0.3, -0.25) is 4.79 Å². The highest BCUT2D eigenvalue weighted by Gasteiger charge is 2.62. The fraction of sp³-hybridized carbons (Fsp3) is 0.433. The first-order valence-corrected chi connectivity index (χ1v) is 12.6. The summed E-state index contributed by atoms with van der Waals surface area (Å²) in [4.78, 5) is 13.3. The fourth-order valence-corrected chi connectivity index (χ4v) is 6.71. The van der Waals surface area contributed by atoms with Crippen LogP contribution in [-0.2, 0) is 10.2 Å². The minimum atomic E-state index is -0.286. The minimum absolute atomic E-state index is 0.00150. The van der Waals surface area contributed by atoms with Gasteiger partial charge in [0.2, 0.25) is 0 Å². The number of quaternary nitrogens is 1. The molecule has 5 heteroatoms. The number of nitrogens with zero attached hydrogens (tertiary/aromatic N) is 1. The van der Waals surface area contributed by atoms with Gasteiger partial charge in [-0.05, 0) is 59.9 Å². The van der Waals surface area contributed by atoms with Gasteiger partial charge in [0.25, 0.3) is 5.91 Å². The van der Waals surface area contributed by atoms with Gasteiger partial charge in [0.15, 0.2) is 0 Å². The van der Waals surface area contributed by atoms with Crippen LogP contribution in [-0.4, -0.2) is 63.4 Å². The topological polar surface area (TPSA) is 47.6 Å². The summed E-state index contributed by atoms with van der Waals surface area (Å²) in [6.07, 6.45) is 3.67. The Kier molecular flexibility index (Phi) is 6.10. The zero-order valence-corrected chi connectivity index (χ0v) is 21.3. The second-order valence-electron chi connectivity index (χ2n) is 11.1. The molecule has 1 aliphatic heterocycles. The molecule has 1 amide bonds. The average molecular weight is 474 g/mol. The highest BCUT2D eigenvalue weighted by atomic mass is 16.5. The van der Waals surface area contributed by atoms with Crippen LogP contribution >= 0.6 is 0 Å². The van der Waals surface area contributed by atoms with Gasteiger partial charge in [-0.15, -0.1) is 0 Å². The molecule has 3 aromatic rings. The molecule has 5 nitrogen and oxygen atoms in total. The lowest BCUT2D eigenvalue weighted by Crippen LogP contribution is -2.71. The van der Waals surface area contributed by atoms with Crippen molar-refractivity contribution in [2.45, 2.75) is 42.7 Å². The molecule has 3 aromatic carbocycles. The van der Waals surface area contributed by atoms with Gasteiger partial charge in [-0.25, -0.2) is 0 Å². The van der Waals surface area contributed by atoms with E-state index in [1.54, 1.807) is 7.11 Å². The molecule has 0 radical (unpaired) electrons. The standard InChI is InChI=1S/C30H36N2O3/c1-32(2)17-16-29(25-10-7-11-27(19-25)34-3)20-26(14-15-30(29,21-32)35-4)31-28(33)24-13-12-22-8-5-6-9-23(22)18-24/h5-13,18-19,26H,14-17,20-21H2,1-4H3/p+1/t26-,29-,30-/m0/s1. The Morgan fingerprint density at radius 1 is 0.971 bits per heavy atom. The first-order valence-electron chi connectivity index (χ1n) is 12.6. The number of rotatable bonds is 5. The molecule has 1 saturated carbocycles. The SMILES string of the molecule is COc1cccc([C@@]23CC[N+](C)(C)C[C@@]2(OC)CC[C@H](NC(=O)c2ccc4ccccc4c2)C3)c1.